The Bertz CT molecular complexity index is 621. The van der Waals surface area contributed by atoms with Gasteiger partial charge in [0.15, 0.2) is 0 Å². The van der Waals surface area contributed by atoms with Crippen LogP contribution in [-0.4, -0.2) is 35.8 Å². The van der Waals surface area contributed by atoms with Crippen LogP contribution in [0.4, 0.5) is 5.82 Å². The molecule has 1 amide bonds. The summed E-state index contributed by atoms with van der Waals surface area (Å²) >= 11 is 1.66. The third kappa shape index (κ3) is 4.73. The lowest BCUT2D eigenvalue weighted by Gasteiger charge is -2.17. The molecule has 1 N–H and O–H groups in total. The summed E-state index contributed by atoms with van der Waals surface area (Å²) in [6.07, 6.45) is 2.78. The highest BCUT2D eigenvalue weighted by Gasteiger charge is 2.24. The first-order chi connectivity index (χ1) is 11.3. The summed E-state index contributed by atoms with van der Waals surface area (Å²) in [6, 6.07) is 16.4. The van der Waals surface area contributed by atoms with Gasteiger partial charge in [-0.2, -0.15) is 0 Å². The van der Waals surface area contributed by atoms with Crippen molar-refractivity contribution < 1.29 is 4.79 Å². The van der Waals surface area contributed by atoms with E-state index in [1.807, 2.05) is 42.6 Å². The van der Waals surface area contributed by atoms with E-state index in [1.165, 1.54) is 5.56 Å². The first kappa shape index (κ1) is 15.9. The number of hydrogen-bond acceptors (Lipinski definition) is 4. The average Bonchev–Trinajstić information content (AvgIpc) is 3.05. The Morgan fingerprint density at radius 2 is 2.04 bits per heavy atom. The summed E-state index contributed by atoms with van der Waals surface area (Å²) in [5.41, 5.74) is 1.26. The Morgan fingerprint density at radius 3 is 2.83 bits per heavy atom. The number of carbonyl (C=O) groups excluding carboxylic acids is 1. The van der Waals surface area contributed by atoms with Crippen LogP contribution in [0.1, 0.15) is 12.0 Å². The Kier molecular flexibility index (Phi) is 5.53. The van der Waals surface area contributed by atoms with Crippen molar-refractivity contribution in [2.24, 2.45) is 0 Å². The van der Waals surface area contributed by atoms with Crippen LogP contribution in [0.2, 0.25) is 0 Å². The maximum Gasteiger partial charge on any atom is 0.230 e. The van der Waals surface area contributed by atoms with Gasteiger partial charge in [-0.15, -0.1) is 11.8 Å². The number of benzene rings is 1. The van der Waals surface area contributed by atoms with Gasteiger partial charge in [0.1, 0.15) is 5.82 Å². The molecule has 0 aliphatic carbocycles. The molecular formula is C18H21N3OS. The molecule has 0 spiro atoms. The quantitative estimate of drug-likeness (QED) is 0.886. The second-order valence-electron chi connectivity index (χ2n) is 5.67. The van der Waals surface area contributed by atoms with Crippen LogP contribution in [-0.2, 0) is 10.5 Å². The largest absolute Gasteiger partial charge is 0.354 e. The standard InChI is InChI=1S/C18H21N3OS/c22-18(14-23-13-15-6-2-1-3-7-15)20-16-9-11-21(12-16)17-8-4-5-10-19-17/h1-8,10,16H,9,11-14H2,(H,20,22). The second kappa shape index (κ2) is 8.02. The first-order valence-electron chi connectivity index (χ1n) is 7.88. The second-order valence-corrected chi connectivity index (χ2v) is 6.65. The highest BCUT2D eigenvalue weighted by molar-refractivity contribution is 7.99. The van der Waals surface area contributed by atoms with Gasteiger partial charge in [-0.05, 0) is 24.1 Å². The molecule has 1 aliphatic rings. The molecule has 2 heterocycles. The average molecular weight is 327 g/mol. The number of rotatable bonds is 6. The van der Waals surface area contributed by atoms with E-state index >= 15 is 0 Å². The molecule has 0 radical (unpaired) electrons. The lowest BCUT2D eigenvalue weighted by Crippen LogP contribution is -2.38. The van der Waals surface area contributed by atoms with E-state index in [2.05, 4.69) is 27.3 Å². The zero-order valence-electron chi connectivity index (χ0n) is 13.0. The highest BCUT2D eigenvalue weighted by Crippen LogP contribution is 2.17. The Hall–Kier alpha value is -2.01. The van der Waals surface area contributed by atoms with Gasteiger partial charge < -0.3 is 10.2 Å². The number of anilines is 1. The van der Waals surface area contributed by atoms with Crippen molar-refractivity contribution in [2.75, 3.05) is 23.7 Å². The van der Waals surface area contributed by atoms with Crippen LogP contribution < -0.4 is 10.2 Å². The lowest BCUT2D eigenvalue weighted by atomic mass is 10.2. The predicted molar refractivity (Wildman–Crippen MR) is 95.6 cm³/mol. The number of pyridine rings is 1. The van der Waals surface area contributed by atoms with Gasteiger partial charge in [0.25, 0.3) is 0 Å². The summed E-state index contributed by atoms with van der Waals surface area (Å²) in [4.78, 5) is 18.7. The fourth-order valence-electron chi connectivity index (χ4n) is 2.73. The van der Waals surface area contributed by atoms with Crippen LogP contribution >= 0.6 is 11.8 Å². The molecule has 120 valence electrons. The van der Waals surface area contributed by atoms with E-state index in [-0.39, 0.29) is 11.9 Å². The van der Waals surface area contributed by atoms with Crippen LogP contribution in [0.15, 0.2) is 54.7 Å². The molecule has 1 aromatic heterocycles. The Labute approximate surface area is 141 Å². The predicted octanol–water partition coefficient (Wildman–Crippen LogP) is 2.71. The molecule has 1 aliphatic heterocycles. The molecule has 23 heavy (non-hydrogen) atoms. The number of nitrogens with one attached hydrogen (secondary N) is 1. The molecule has 1 aromatic carbocycles. The Morgan fingerprint density at radius 1 is 1.22 bits per heavy atom. The minimum atomic E-state index is 0.124. The van der Waals surface area contributed by atoms with E-state index in [9.17, 15) is 4.79 Å². The minimum Gasteiger partial charge on any atom is -0.354 e. The van der Waals surface area contributed by atoms with Crippen LogP contribution in [0.5, 0.6) is 0 Å². The summed E-state index contributed by atoms with van der Waals surface area (Å²) in [6.45, 7) is 1.78. The highest BCUT2D eigenvalue weighted by atomic mass is 32.2. The SMILES string of the molecule is O=C(CSCc1ccccc1)NC1CCN(c2ccccn2)C1. The van der Waals surface area contributed by atoms with Crippen molar-refractivity contribution in [2.45, 2.75) is 18.2 Å². The van der Waals surface area contributed by atoms with Gasteiger partial charge in [0.05, 0.1) is 5.75 Å². The van der Waals surface area contributed by atoms with Crippen LogP contribution in [0.25, 0.3) is 0 Å². The van der Waals surface area contributed by atoms with Crippen molar-refractivity contribution in [1.82, 2.24) is 10.3 Å². The van der Waals surface area contributed by atoms with Crippen molar-refractivity contribution in [3.63, 3.8) is 0 Å². The van der Waals surface area contributed by atoms with E-state index in [0.717, 1.165) is 31.1 Å². The fourth-order valence-corrected chi connectivity index (χ4v) is 3.53. The summed E-state index contributed by atoms with van der Waals surface area (Å²) < 4.78 is 0. The molecule has 3 rings (SSSR count). The fraction of sp³-hybridized carbons (Fsp3) is 0.333. The number of amides is 1. The van der Waals surface area contributed by atoms with Gasteiger partial charge in [0, 0.05) is 31.1 Å². The van der Waals surface area contributed by atoms with Crippen molar-refractivity contribution in [1.29, 1.82) is 0 Å². The van der Waals surface area contributed by atoms with Crippen molar-refractivity contribution in [3.8, 4) is 0 Å². The molecule has 1 unspecified atom stereocenters. The van der Waals surface area contributed by atoms with Gasteiger partial charge in [-0.3, -0.25) is 4.79 Å². The molecule has 1 saturated heterocycles. The zero-order chi connectivity index (χ0) is 15.9. The minimum absolute atomic E-state index is 0.124. The summed E-state index contributed by atoms with van der Waals surface area (Å²) in [7, 11) is 0. The van der Waals surface area contributed by atoms with Crippen molar-refractivity contribution >= 4 is 23.5 Å². The van der Waals surface area contributed by atoms with E-state index in [1.54, 1.807) is 11.8 Å². The third-order valence-corrected chi connectivity index (χ3v) is 4.88. The number of thioether (sulfide) groups is 1. The lowest BCUT2D eigenvalue weighted by molar-refractivity contribution is -0.119. The molecule has 0 saturated carbocycles. The van der Waals surface area contributed by atoms with Gasteiger partial charge in [-0.25, -0.2) is 4.98 Å². The maximum atomic E-state index is 12.1. The molecule has 0 bridgehead atoms. The van der Waals surface area contributed by atoms with Crippen molar-refractivity contribution in [3.05, 3.63) is 60.3 Å². The molecule has 2 aromatic rings. The third-order valence-electron chi connectivity index (χ3n) is 3.87. The number of hydrogen-bond donors (Lipinski definition) is 1. The van der Waals surface area contributed by atoms with Crippen LogP contribution in [0, 0.1) is 0 Å². The first-order valence-corrected chi connectivity index (χ1v) is 9.04. The normalized spacial score (nSPS) is 17.2. The van der Waals surface area contributed by atoms with E-state index < -0.39 is 0 Å². The monoisotopic (exact) mass is 327 g/mol. The molecular weight excluding hydrogens is 306 g/mol. The number of nitrogens with zero attached hydrogens (tertiary/aromatic N) is 2. The smallest absolute Gasteiger partial charge is 0.230 e. The molecule has 4 nitrogen and oxygen atoms in total. The molecule has 5 heteroatoms. The maximum absolute atomic E-state index is 12.1. The van der Waals surface area contributed by atoms with E-state index in [0.29, 0.717) is 5.75 Å². The topological polar surface area (TPSA) is 45.2 Å². The van der Waals surface area contributed by atoms with Gasteiger partial charge in [-0.1, -0.05) is 36.4 Å². The Balaban J connectivity index is 1.39. The summed E-state index contributed by atoms with van der Waals surface area (Å²) in [5, 5.41) is 3.14. The summed E-state index contributed by atoms with van der Waals surface area (Å²) in [5.74, 6) is 2.50. The van der Waals surface area contributed by atoms with E-state index in [4.69, 9.17) is 0 Å². The van der Waals surface area contributed by atoms with Gasteiger partial charge >= 0.3 is 0 Å². The molecule has 1 fully saturated rings. The van der Waals surface area contributed by atoms with Crippen LogP contribution in [0.3, 0.4) is 0 Å². The zero-order valence-corrected chi connectivity index (χ0v) is 13.8. The van der Waals surface area contributed by atoms with Gasteiger partial charge in [0.2, 0.25) is 5.91 Å². The molecule has 1 atom stereocenters. The number of carbonyl (C=O) groups is 1. The number of aromatic nitrogens is 1.